The van der Waals surface area contributed by atoms with Crippen molar-refractivity contribution in [3.63, 3.8) is 0 Å². The van der Waals surface area contributed by atoms with Gasteiger partial charge in [0.25, 0.3) is 0 Å². The van der Waals surface area contributed by atoms with Crippen LogP contribution in [0.2, 0.25) is 0 Å². The first-order chi connectivity index (χ1) is 24.6. The minimum Gasteiger partial charge on any atom is -0.384 e. The second-order valence-corrected chi connectivity index (χ2v) is 13.7. The second kappa shape index (κ2) is 17.9. The standard InChI is InChI=1S/C18H24N6O2S.C15H18N6.CH3F/c1-24(2)27(25,26)10-4-3-8-20-16-12-18(19)22-17-11-13(5-6-14(16)17)15-7-9-21-23-15;16-5-1-6-18-13-9-15(17)20-14-8-10(2-3-11(13)14)12-4-7-19-21-12;1-2/h5-7,9,11-12H,3-4,8,10H2,1-2H3,(H,21,23)(H3,19,20,22);2-4,7-9H,1,5-6,16H2,(H,19,21)(H3,17,18,20);1H3/i;;1D. The van der Waals surface area contributed by atoms with Gasteiger partial charge in [0, 0.05) is 85.0 Å². The normalized spacial score (nSPS) is 11.4. The number of aromatic amines is 2. The molecule has 16 heteroatoms. The molecule has 0 aliphatic carbocycles. The zero-order chi connectivity index (χ0) is 36.8. The molecule has 0 aliphatic rings. The third-order valence-corrected chi connectivity index (χ3v) is 9.60. The van der Waals surface area contributed by atoms with Crippen molar-refractivity contribution in [1.82, 2.24) is 34.7 Å². The molecule has 0 radical (unpaired) electrons. The van der Waals surface area contributed by atoms with E-state index >= 15 is 0 Å². The van der Waals surface area contributed by atoms with Crippen LogP contribution in [0.5, 0.6) is 0 Å². The fraction of sp³-hybridized carbons (Fsp3) is 0.294. The van der Waals surface area contributed by atoms with Gasteiger partial charge in [0.15, 0.2) is 0 Å². The van der Waals surface area contributed by atoms with Crippen molar-refractivity contribution in [2.45, 2.75) is 19.3 Å². The smallest absolute Gasteiger partial charge is 0.213 e. The van der Waals surface area contributed by atoms with E-state index in [1.54, 1.807) is 32.6 Å². The Hall–Kier alpha value is -5.32. The number of alkyl halides is 1. The van der Waals surface area contributed by atoms with Gasteiger partial charge < -0.3 is 27.8 Å². The Labute approximate surface area is 292 Å². The Morgan fingerprint density at radius 2 is 1.26 bits per heavy atom. The van der Waals surface area contributed by atoms with Gasteiger partial charge in [-0.25, -0.2) is 22.7 Å². The highest BCUT2D eigenvalue weighted by molar-refractivity contribution is 7.89. The SMILES string of the molecule is CN(C)S(=O)(=O)CCCCNc1cc(N)nc2cc(-c3ccn[nH]3)ccc12.NCCCNc1cc(N)nc2cc(-c3ccn[nH]3)ccc12.[2H]CF. The summed E-state index contributed by atoms with van der Waals surface area (Å²) in [7, 11) is -1.04. The van der Waals surface area contributed by atoms with Gasteiger partial charge in [-0.15, -0.1) is 0 Å². The minimum atomic E-state index is -3.14. The molecule has 4 aromatic heterocycles. The molecule has 0 amide bonds. The number of anilines is 4. The quantitative estimate of drug-likeness (QED) is 0.0805. The first kappa shape index (κ1) is 36.0. The molecule has 0 unspecified atom stereocenters. The Balaban J connectivity index is 0.000000218. The molecule has 2 aromatic carbocycles. The highest BCUT2D eigenvalue weighted by Crippen LogP contribution is 2.30. The van der Waals surface area contributed by atoms with Gasteiger partial charge >= 0.3 is 0 Å². The predicted octanol–water partition coefficient (Wildman–Crippen LogP) is 4.84. The molecule has 14 nitrogen and oxygen atoms in total. The second-order valence-electron chi connectivity index (χ2n) is 11.4. The number of fused-ring (bicyclic) bond motifs is 2. The van der Waals surface area contributed by atoms with E-state index in [0.29, 0.717) is 31.1 Å². The molecule has 0 bridgehead atoms. The highest BCUT2D eigenvalue weighted by atomic mass is 32.2. The molecule has 6 rings (SSSR count). The van der Waals surface area contributed by atoms with Crippen LogP contribution in [0, 0.1) is 0 Å². The number of sulfonamides is 1. The number of nitrogen functional groups attached to an aromatic ring is 2. The number of nitrogens with two attached hydrogens (primary N) is 3. The molecule has 0 fully saturated rings. The molecule has 6 aromatic rings. The molecule has 0 atom stereocenters. The number of nitrogens with one attached hydrogen (secondary N) is 4. The Morgan fingerprint density at radius 3 is 1.68 bits per heavy atom. The average molecular weight is 706 g/mol. The molecule has 0 spiro atoms. The van der Waals surface area contributed by atoms with E-state index < -0.39 is 17.2 Å². The molecule has 4 heterocycles. The van der Waals surface area contributed by atoms with Crippen molar-refractivity contribution in [1.29, 1.82) is 0 Å². The van der Waals surface area contributed by atoms with Crippen molar-refractivity contribution in [2.24, 2.45) is 5.73 Å². The number of benzene rings is 2. The van der Waals surface area contributed by atoms with Crippen LogP contribution in [0.4, 0.5) is 27.4 Å². The summed E-state index contributed by atoms with van der Waals surface area (Å²) < 4.78 is 40.3. The maximum Gasteiger partial charge on any atom is 0.213 e. The lowest BCUT2D eigenvalue weighted by Gasteiger charge is -2.13. The van der Waals surface area contributed by atoms with Gasteiger partial charge in [-0.1, -0.05) is 24.3 Å². The Kier molecular flexibility index (Phi) is 12.9. The molecule has 266 valence electrons. The van der Waals surface area contributed by atoms with Crippen molar-refractivity contribution >= 4 is 54.8 Å². The van der Waals surface area contributed by atoms with E-state index in [9.17, 15) is 12.8 Å². The summed E-state index contributed by atoms with van der Waals surface area (Å²) in [6, 6.07) is 19.5. The van der Waals surface area contributed by atoms with Crippen molar-refractivity contribution in [3.8, 4) is 22.5 Å². The van der Waals surface area contributed by atoms with Crippen LogP contribution < -0.4 is 27.8 Å². The highest BCUT2D eigenvalue weighted by Gasteiger charge is 2.13. The van der Waals surface area contributed by atoms with Gasteiger partial charge in [0.1, 0.15) is 11.6 Å². The van der Waals surface area contributed by atoms with Gasteiger partial charge in [-0.2, -0.15) is 10.2 Å². The third kappa shape index (κ3) is 9.87. The molecular formula is C34H45FN12O2S. The zero-order valence-electron chi connectivity index (χ0n) is 29.2. The largest absolute Gasteiger partial charge is 0.384 e. The number of aromatic nitrogens is 6. The summed E-state index contributed by atoms with van der Waals surface area (Å²) in [5.74, 6) is 1.08. The van der Waals surface area contributed by atoms with E-state index in [-0.39, 0.29) is 5.75 Å². The number of H-pyrrole nitrogens is 2. The average Bonchev–Trinajstić information content (AvgIpc) is 3.84. The first-order valence-corrected chi connectivity index (χ1v) is 17.5. The molecular weight excluding hydrogens is 660 g/mol. The monoisotopic (exact) mass is 705 g/mol. The maximum absolute atomic E-state index is 11.8. The van der Waals surface area contributed by atoms with Crippen LogP contribution in [0.3, 0.4) is 0 Å². The summed E-state index contributed by atoms with van der Waals surface area (Å²) in [6.45, 7) is 2.14. The van der Waals surface area contributed by atoms with E-state index in [4.69, 9.17) is 18.6 Å². The number of pyridine rings is 2. The lowest BCUT2D eigenvalue weighted by molar-refractivity contribution is 0.517. The number of halogens is 1. The van der Waals surface area contributed by atoms with Crippen LogP contribution in [0.15, 0.2) is 73.1 Å². The van der Waals surface area contributed by atoms with Crippen LogP contribution >= 0.6 is 0 Å². The number of hydrogen-bond donors (Lipinski definition) is 7. The summed E-state index contributed by atoms with van der Waals surface area (Å²) >= 11 is 0. The van der Waals surface area contributed by atoms with Crippen molar-refractivity contribution < 1.29 is 14.2 Å². The predicted molar refractivity (Wildman–Crippen MR) is 202 cm³/mol. The number of hydrogen-bond acceptors (Lipinski definition) is 11. The number of rotatable bonds is 13. The minimum absolute atomic E-state index is 0.147. The van der Waals surface area contributed by atoms with Crippen molar-refractivity contribution in [3.05, 3.63) is 73.1 Å². The van der Waals surface area contributed by atoms with Gasteiger partial charge in [0.05, 0.1) is 36.7 Å². The Bertz CT molecular complexity index is 2080. The summed E-state index contributed by atoms with van der Waals surface area (Å²) in [5.41, 5.74) is 24.8. The lowest BCUT2D eigenvalue weighted by atomic mass is 10.1. The fourth-order valence-electron chi connectivity index (χ4n) is 5.10. The van der Waals surface area contributed by atoms with E-state index in [2.05, 4.69) is 41.0 Å². The Morgan fingerprint density at radius 1 is 0.780 bits per heavy atom. The number of unbranched alkanes of at least 4 members (excludes halogenated alkanes) is 1. The third-order valence-electron chi connectivity index (χ3n) is 7.68. The van der Waals surface area contributed by atoms with Gasteiger partial charge in [-0.3, -0.25) is 14.6 Å². The van der Waals surface area contributed by atoms with Crippen LogP contribution in [-0.2, 0) is 10.0 Å². The fourth-order valence-corrected chi connectivity index (χ4v) is 6.03. The summed E-state index contributed by atoms with van der Waals surface area (Å²) in [6.07, 6.45) is 5.68. The molecule has 0 saturated heterocycles. The maximum atomic E-state index is 11.8. The molecule has 50 heavy (non-hydrogen) atoms. The van der Waals surface area contributed by atoms with Crippen LogP contribution in [0.1, 0.15) is 20.6 Å². The number of nitrogens with zero attached hydrogens (tertiary/aromatic N) is 5. The first-order valence-electron chi connectivity index (χ1n) is 16.6. The van der Waals surface area contributed by atoms with E-state index in [1.165, 1.54) is 4.31 Å². The van der Waals surface area contributed by atoms with Gasteiger partial charge in [-0.05, 0) is 50.1 Å². The zero-order valence-corrected chi connectivity index (χ0v) is 29.0. The molecule has 10 N–H and O–H groups in total. The molecule has 0 saturated carbocycles. The van der Waals surface area contributed by atoms with E-state index in [0.717, 1.165) is 75.1 Å². The summed E-state index contributed by atoms with van der Waals surface area (Å²) in [4.78, 5) is 8.84. The van der Waals surface area contributed by atoms with Gasteiger partial charge in [0.2, 0.25) is 10.0 Å². The lowest BCUT2D eigenvalue weighted by Crippen LogP contribution is -2.25. The van der Waals surface area contributed by atoms with Crippen molar-refractivity contribution in [2.75, 3.05) is 68.7 Å². The molecule has 0 aliphatic heterocycles. The topological polar surface area (TPSA) is 223 Å². The summed E-state index contributed by atoms with van der Waals surface area (Å²) in [5, 5.41) is 22.6. The van der Waals surface area contributed by atoms with Crippen LogP contribution in [0.25, 0.3) is 44.3 Å². The van der Waals surface area contributed by atoms with Crippen LogP contribution in [-0.4, -0.2) is 89.7 Å². The van der Waals surface area contributed by atoms with E-state index in [1.807, 2.05) is 54.6 Å².